The second-order valence-corrected chi connectivity index (χ2v) is 5.57. The molecule has 2 aromatic rings. The summed E-state index contributed by atoms with van der Waals surface area (Å²) in [7, 11) is 0. The first kappa shape index (κ1) is 14.9. The Morgan fingerprint density at radius 1 is 1.40 bits per heavy atom. The predicted molar refractivity (Wildman–Crippen MR) is 79.3 cm³/mol. The van der Waals surface area contributed by atoms with E-state index in [2.05, 4.69) is 24.1 Å². The number of oxazole rings is 1. The van der Waals surface area contributed by atoms with Crippen LogP contribution in [-0.2, 0) is 6.54 Å². The van der Waals surface area contributed by atoms with Crippen LogP contribution in [0.3, 0.4) is 0 Å². The number of aryl methyl sites for hydroxylation is 1. The molecular weight excluding hydrogens is 276 g/mol. The number of hydrogen-bond donors (Lipinski definition) is 1. The Bertz CT molecular complexity index is 567. The van der Waals surface area contributed by atoms with E-state index in [-0.39, 0.29) is 6.08 Å². The second kappa shape index (κ2) is 6.77. The van der Waals surface area contributed by atoms with Crippen LogP contribution in [0.4, 0.5) is 0 Å². The Labute approximate surface area is 124 Å². The zero-order valence-corrected chi connectivity index (χ0v) is 12.7. The van der Waals surface area contributed by atoms with Crippen molar-refractivity contribution in [2.45, 2.75) is 27.3 Å². The lowest BCUT2D eigenvalue weighted by Crippen LogP contribution is -2.19. The summed E-state index contributed by atoms with van der Waals surface area (Å²) >= 11 is 6.10. The lowest BCUT2D eigenvalue weighted by Gasteiger charge is -2.04. The van der Waals surface area contributed by atoms with Crippen molar-refractivity contribution >= 4 is 11.6 Å². The topological polar surface area (TPSA) is 47.3 Å². The Kier molecular flexibility index (Phi) is 5.04. The fourth-order valence-corrected chi connectivity index (χ4v) is 1.96. The summed E-state index contributed by atoms with van der Waals surface area (Å²) in [5.41, 5.74) is 1.89. The second-order valence-electron chi connectivity index (χ2n) is 5.17. The van der Waals surface area contributed by atoms with Crippen molar-refractivity contribution in [1.82, 2.24) is 10.3 Å². The SMILES string of the molecule is Cc1ccc(Oc2nc(CNCC(C)C)co2)c(Cl)c1. The monoisotopic (exact) mass is 294 g/mol. The molecule has 0 aliphatic heterocycles. The first-order chi connectivity index (χ1) is 9.54. The minimum atomic E-state index is 0.206. The molecule has 0 aliphatic rings. The molecule has 1 heterocycles. The first-order valence-corrected chi connectivity index (χ1v) is 7.01. The number of rotatable bonds is 6. The van der Waals surface area contributed by atoms with Gasteiger partial charge in [-0.05, 0) is 37.1 Å². The van der Waals surface area contributed by atoms with E-state index in [9.17, 15) is 0 Å². The molecule has 5 heteroatoms. The third-order valence-corrected chi connectivity index (χ3v) is 2.97. The number of nitrogens with zero attached hydrogens (tertiary/aromatic N) is 1. The van der Waals surface area contributed by atoms with E-state index in [0.29, 0.717) is 23.2 Å². The Hall–Kier alpha value is -1.52. The van der Waals surface area contributed by atoms with Gasteiger partial charge in [0.2, 0.25) is 0 Å². The van der Waals surface area contributed by atoms with E-state index in [1.165, 1.54) is 0 Å². The molecule has 0 radical (unpaired) electrons. The van der Waals surface area contributed by atoms with Crippen LogP contribution in [-0.4, -0.2) is 11.5 Å². The Balaban J connectivity index is 1.95. The first-order valence-electron chi connectivity index (χ1n) is 6.63. The zero-order valence-electron chi connectivity index (χ0n) is 11.9. The quantitative estimate of drug-likeness (QED) is 0.868. The number of hydrogen-bond acceptors (Lipinski definition) is 4. The molecule has 0 saturated carbocycles. The maximum atomic E-state index is 6.10. The van der Waals surface area contributed by atoms with Crippen LogP contribution in [0, 0.1) is 12.8 Å². The summed E-state index contributed by atoms with van der Waals surface area (Å²) in [4.78, 5) is 4.26. The van der Waals surface area contributed by atoms with Crippen LogP contribution in [0.2, 0.25) is 5.02 Å². The van der Waals surface area contributed by atoms with Gasteiger partial charge in [0.15, 0.2) is 5.75 Å². The summed E-state index contributed by atoms with van der Waals surface area (Å²) < 4.78 is 10.8. The van der Waals surface area contributed by atoms with Gasteiger partial charge < -0.3 is 14.5 Å². The molecule has 2 rings (SSSR count). The highest BCUT2D eigenvalue weighted by atomic mass is 35.5. The largest absolute Gasteiger partial charge is 0.417 e. The van der Waals surface area contributed by atoms with Crippen LogP contribution in [0.5, 0.6) is 11.8 Å². The highest BCUT2D eigenvalue weighted by molar-refractivity contribution is 6.32. The van der Waals surface area contributed by atoms with E-state index >= 15 is 0 Å². The minimum absolute atomic E-state index is 0.206. The van der Waals surface area contributed by atoms with E-state index in [0.717, 1.165) is 17.8 Å². The van der Waals surface area contributed by atoms with Crippen molar-refractivity contribution in [3.63, 3.8) is 0 Å². The van der Waals surface area contributed by atoms with Crippen molar-refractivity contribution in [1.29, 1.82) is 0 Å². The van der Waals surface area contributed by atoms with Crippen LogP contribution in [0.15, 0.2) is 28.9 Å². The average Bonchev–Trinajstić information content (AvgIpc) is 2.80. The standard InChI is InChI=1S/C15H19ClN2O2/c1-10(2)7-17-8-12-9-19-15(18-12)20-14-5-4-11(3)6-13(14)16/h4-6,9-10,17H,7-8H2,1-3H3. The summed E-state index contributed by atoms with van der Waals surface area (Å²) in [6.07, 6.45) is 1.79. The fourth-order valence-electron chi connectivity index (χ4n) is 1.69. The van der Waals surface area contributed by atoms with Crippen molar-refractivity contribution in [3.05, 3.63) is 40.7 Å². The van der Waals surface area contributed by atoms with Gasteiger partial charge in [-0.2, -0.15) is 4.98 Å². The van der Waals surface area contributed by atoms with E-state index in [1.54, 1.807) is 12.3 Å². The number of benzene rings is 1. The lowest BCUT2D eigenvalue weighted by atomic mass is 10.2. The molecule has 0 spiro atoms. The fraction of sp³-hybridized carbons (Fsp3) is 0.400. The summed E-state index contributed by atoms with van der Waals surface area (Å²) in [6, 6.07) is 5.57. The summed E-state index contributed by atoms with van der Waals surface area (Å²) in [5.74, 6) is 1.14. The lowest BCUT2D eigenvalue weighted by molar-refractivity contribution is 0.331. The molecule has 0 atom stereocenters. The summed E-state index contributed by atoms with van der Waals surface area (Å²) in [5, 5.41) is 3.84. The number of nitrogens with one attached hydrogen (secondary N) is 1. The van der Waals surface area contributed by atoms with Gasteiger partial charge in [-0.3, -0.25) is 0 Å². The maximum absolute atomic E-state index is 6.10. The van der Waals surface area contributed by atoms with Crippen LogP contribution >= 0.6 is 11.6 Å². The van der Waals surface area contributed by atoms with Gasteiger partial charge in [-0.15, -0.1) is 0 Å². The minimum Gasteiger partial charge on any atom is -0.417 e. The molecule has 0 bridgehead atoms. The van der Waals surface area contributed by atoms with Crippen molar-refractivity contribution in [2.75, 3.05) is 6.54 Å². The average molecular weight is 295 g/mol. The molecule has 0 amide bonds. The molecular formula is C15H19ClN2O2. The van der Waals surface area contributed by atoms with Gasteiger partial charge in [0.05, 0.1) is 10.7 Å². The third-order valence-electron chi connectivity index (χ3n) is 2.67. The zero-order chi connectivity index (χ0) is 14.5. The van der Waals surface area contributed by atoms with E-state index in [1.807, 2.05) is 19.1 Å². The summed E-state index contributed by atoms with van der Waals surface area (Å²) in [6.45, 7) is 7.88. The molecule has 4 nitrogen and oxygen atoms in total. The van der Waals surface area contributed by atoms with Gasteiger partial charge in [0, 0.05) is 6.54 Å². The van der Waals surface area contributed by atoms with Gasteiger partial charge in [0.25, 0.3) is 0 Å². The predicted octanol–water partition coefficient (Wildman–Crippen LogP) is 4.17. The molecule has 1 N–H and O–H groups in total. The normalized spacial score (nSPS) is 11.1. The number of ether oxygens (including phenoxy) is 1. The van der Waals surface area contributed by atoms with Gasteiger partial charge in [-0.25, -0.2) is 0 Å². The van der Waals surface area contributed by atoms with Crippen LogP contribution in [0.25, 0.3) is 0 Å². The maximum Gasteiger partial charge on any atom is 0.399 e. The van der Waals surface area contributed by atoms with Gasteiger partial charge in [-0.1, -0.05) is 31.5 Å². The molecule has 1 aromatic heterocycles. The molecule has 0 fully saturated rings. The van der Waals surface area contributed by atoms with Crippen molar-refractivity contribution < 1.29 is 9.15 Å². The highest BCUT2D eigenvalue weighted by Crippen LogP contribution is 2.29. The van der Waals surface area contributed by atoms with Crippen LogP contribution in [0.1, 0.15) is 25.1 Å². The van der Waals surface area contributed by atoms with Gasteiger partial charge >= 0.3 is 6.08 Å². The van der Waals surface area contributed by atoms with Crippen molar-refractivity contribution in [2.24, 2.45) is 5.92 Å². The number of halogens is 1. The molecule has 0 unspecified atom stereocenters. The Morgan fingerprint density at radius 2 is 2.20 bits per heavy atom. The Morgan fingerprint density at radius 3 is 2.90 bits per heavy atom. The molecule has 108 valence electrons. The van der Waals surface area contributed by atoms with Crippen molar-refractivity contribution in [3.8, 4) is 11.8 Å². The molecule has 20 heavy (non-hydrogen) atoms. The number of aromatic nitrogens is 1. The van der Waals surface area contributed by atoms with E-state index in [4.69, 9.17) is 20.8 Å². The van der Waals surface area contributed by atoms with E-state index < -0.39 is 0 Å². The smallest absolute Gasteiger partial charge is 0.399 e. The molecule has 1 aromatic carbocycles. The van der Waals surface area contributed by atoms with Gasteiger partial charge in [0.1, 0.15) is 6.26 Å². The molecule has 0 aliphatic carbocycles. The molecule has 0 saturated heterocycles. The van der Waals surface area contributed by atoms with Crippen LogP contribution < -0.4 is 10.1 Å². The third kappa shape index (κ3) is 4.25. The highest BCUT2D eigenvalue weighted by Gasteiger charge is 2.09.